The highest BCUT2D eigenvalue weighted by atomic mass is 32.2. The summed E-state index contributed by atoms with van der Waals surface area (Å²) in [4.78, 5) is 19.3. The second kappa shape index (κ2) is 7.48. The Hall–Kier alpha value is -3.92. The Labute approximate surface area is 171 Å². The molecule has 0 atom stereocenters. The van der Waals surface area contributed by atoms with E-state index in [1.165, 1.54) is 12.1 Å². The zero-order chi connectivity index (χ0) is 21.3. The van der Waals surface area contributed by atoms with Gasteiger partial charge in [-0.15, -0.1) is 0 Å². The van der Waals surface area contributed by atoms with E-state index in [1.54, 1.807) is 54.2 Å². The summed E-state index contributed by atoms with van der Waals surface area (Å²) in [7, 11) is -4.17. The molecule has 150 valence electrons. The Kier molecular flexibility index (Phi) is 4.84. The predicted molar refractivity (Wildman–Crippen MR) is 110 cm³/mol. The molecule has 0 amide bonds. The molecule has 10 heteroatoms. The van der Waals surface area contributed by atoms with Crippen molar-refractivity contribution in [3.8, 4) is 5.82 Å². The van der Waals surface area contributed by atoms with E-state index in [9.17, 15) is 18.5 Å². The van der Waals surface area contributed by atoms with Gasteiger partial charge in [-0.3, -0.25) is 14.8 Å². The van der Waals surface area contributed by atoms with Gasteiger partial charge in [-0.05, 0) is 41.7 Å². The Morgan fingerprint density at radius 3 is 2.30 bits per heavy atom. The number of sulfonamides is 1. The monoisotopic (exact) mass is 422 g/mol. The van der Waals surface area contributed by atoms with E-state index in [0.29, 0.717) is 16.6 Å². The first kappa shape index (κ1) is 19.4. The molecule has 9 nitrogen and oxygen atoms in total. The van der Waals surface area contributed by atoms with Crippen LogP contribution in [0.25, 0.3) is 16.9 Å². The van der Waals surface area contributed by atoms with Crippen LogP contribution in [0, 0.1) is 17.0 Å². The van der Waals surface area contributed by atoms with Crippen LogP contribution >= 0.6 is 0 Å². The first-order valence-electron chi connectivity index (χ1n) is 8.86. The number of fused-ring (bicyclic) bond motifs is 1. The molecule has 30 heavy (non-hydrogen) atoms. The molecule has 0 bridgehead atoms. The van der Waals surface area contributed by atoms with Crippen LogP contribution in [0.15, 0.2) is 78.0 Å². The van der Waals surface area contributed by atoms with E-state index < -0.39 is 14.9 Å². The molecule has 1 N–H and O–H groups in total. The maximum atomic E-state index is 13.1. The van der Waals surface area contributed by atoms with Crippen LogP contribution in [0.3, 0.4) is 0 Å². The second-order valence-electron chi connectivity index (χ2n) is 6.48. The molecule has 0 aliphatic heterocycles. The van der Waals surface area contributed by atoms with Crippen LogP contribution in [0.1, 0.15) is 5.56 Å². The fourth-order valence-corrected chi connectivity index (χ4v) is 4.22. The lowest BCUT2D eigenvalue weighted by molar-refractivity contribution is -0.598. The minimum atomic E-state index is -4.17. The predicted octanol–water partition coefficient (Wildman–Crippen LogP) is 2.92. The normalized spacial score (nSPS) is 11.4. The van der Waals surface area contributed by atoms with E-state index in [2.05, 4.69) is 14.7 Å². The van der Waals surface area contributed by atoms with Crippen molar-refractivity contribution in [1.82, 2.24) is 9.97 Å². The largest absolute Gasteiger partial charge is 0.372 e. The third-order valence-corrected chi connectivity index (χ3v) is 5.90. The first-order valence-corrected chi connectivity index (χ1v) is 10.3. The zero-order valence-corrected chi connectivity index (χ0v) is 16.6. The lowest BCUT2D eigenvalue weighted by Gasteiger charge is -2.10. The third kappa shape index (κ3) is 3.67. The molecule has 0 unspecified atom stereocenters. The number of nitrogens with one attached hydrogen (secondary N) is 1. The number of rotatable bonds is 5. The van der Waals surface area contributed by atoms with E-state index in [1.807, 2.05) is 12.1 Å². The molecule has 0 aliphatic rings. The summed E-state index contributed by atoms with van der Waals surface area (Å²) >= 11 is 0. The smallest absolute Gasteiger partial charge is 0.258 e. The fourth-order valence-electron chi connectivity index (χ4n) is 2.95. The summed E-state index contributed by atoms with van der Waals surface area (Å²) in [5.74, 6) is 0.289. The third-order valence-electron chi connectivity index (χ3n) is 4.42. The SMILES string of the molecule is Cc1ccc([N+](=O)[O-])cc1S(=O)(=O)Nc1nc2ccccc2nc1-[n+]1ccccc1. The molecule has 4 aromatic rings. The molecule has 0 saturated carbocycles. The number of nitrogens with zero attached hydrogens (tertiary/aromatic N) is 4. The van der Waals surface area contributed by atoms with Crippen molar-refractivity contribution in [2.45, 2.75) is 11.8 Å². The summed E-state index contributed by atoms with van der Waals surface area (Å²) in [5.41, 5.74) is 1.16. The quantitative estimate of drug-likeness (QED) is 0.300. The van der Waals surface area contributed by atoms with Crippen LogP contribution in [0.5, 0.6) is 0 Å². The summed E-state index contributed by atoms with van der Waals surface area (Å²) in [5, 5.41) is 11.1. The fraction of sp³-hybridized carbons (Fsp3) is 0.0500. The molecular weight excluding hydrogens is 406 g/mol. The van der Waals surface area contributed by atoms with Gasteiger partial charge in [0.05, 0.1) is 22.2 Å². The summed E-state index contributed by atoms with van der Waals surface area (Å²) in [6.45, 7) is 1.57. The number of benzene rings is 2. The molecule has 0 radical (unpaired) electrons. The van der Waals surface area contributed by atoms with Crippen molar-refractivity contribution >= 4 is 32.6 Å². The average molecular weight is 422 g/mol. The number of para-hydroxylation sites is 2. The number of aromatic nitrogens is 3. The van der Waals surface area contributed by atoms with Crippen molar-refractivity contribution in [3.05, 3.63) is 88.7 Å². The number of hydrogen-bond acceptors (Lipinski definition) is 6. The second-order valence-corrected chi connectivity index (χ2v) is 8.13. The minimum Gasteiger partial charge on any atom is -0.258 e. The molecule has 4 rings (SSSR count). The number of non-ortho nitro benzene ring substituents is 1. The van der Waals surface area contributed by atoms with Gasteiger partial charge in [0.2, 0.25) is 11.3 Å². The van der Waals surface area contributed by atoms with Crippen molar-refractivity contribution in [2.75, 3.05) is 4.72 Å². The van der Waals surface area contributed by atoms with Crippen molar-refractivity contribution in [2.24, 2.45) is 0 Å². The van der Waals surface area contributed by atoms with E-state index in [4.69, 9.17) is 0 Å². The Morgan fingerprint density at radius 1 is 0.967 bits per heavy atom. The summed E-state index contributed by atoms with van der Waals surface area (Å²) in [6, 6.07) is 16.1. The van der Waals surface area contributed by atoms with Crippen LogP contribution in [-0.2, 0) is 10.0 Å². The zero-order valence-electron chi connectivity index (χ0n) is 15.8. The highest BCUT2D eigenvalue weighted by Gasteiger charge is 2.27. The molecule has 2 aromatic carbocycles. The van der Waals surface area contributed by atoms with Crippen LogP contribution in [0.4, 0.5) is 11.5 Å². The van der Waals surface area contributed by atoms with Gasteiger partial charge >= 0.3 is 5.82 Å². The number of nitro groups is 1. The van der Waals surface area contributed by atoms with Gasteiger partial charge in [-0.1, -0.05) is 24.3 Å². The molecule has 2 aromatic heterocycles. The molecule has 0 spiro atoms. The van der Waals surface area contributed by atoms with Gasteiger partial charge < -0.3 is 0 Å². The number of pyridine rings is 1. The van der Waals surface area contributed by atoms with Gasteiger partial charge in [0.25, 0.3) is 15.7 Å². The molecule has 2 heterocycles. The Balaban J connectivity index is 1.87. The summed E-state index contributed by atoms with van der Waals surface area (Å²) < 4.78 is 30.3. The highest BCUT2D eigenvalue weighted by Crippen LogP contribution is 2.25. The van der Waals surface area contributed by atoms with Crippen molar-refractivity contribution < 1.29 is 17.9 Å². The van der Waals surface area contributed by atoms with Gasteiger partial charge in [-0.2, -0.15) is 0 Å². The minimum absolute atomic E-state index is 0.0100. The maximum Gasteiger partial charge on any atom is 0.372 e. The van der Waals surface area contributed by atoms with Gasteiger partial charge in [0.15, 0.2) is 0 Å². The van der Waals surface area contributed by atoms with Gasteiger partial charge in [-0.25, -0.2) is 18.0 Å². The van der Waals surface area contributed by atoms with Crippen LogP contribution < -0.4 is 9.29 Å². The standard InChI is InChI=1S/C20H16N5O4S/c1-14-9-10-15(25(26)27)13-18(14)30(28,29)23-19-20(24-11-5-2-6-12-24)22-17-8-4-3-7-16(17)21-19/h2-13H,1H3,(H,21,23)/q+1. The number of nitro benzene ring substituents is 1. The van der Waals surface area contributed by atoms with E-state index >= 15 is 0 Å². The average Bonchev–Trinajstić information content (AvgIpc) is 2.73. The van der Waals surface area contributed by atoms with Crippen LogP contribution in [0.2, 0.25) is 0 Å². The molecule has 0 aliphatic carbocycles. The maximum absolute atomic E-state index is 13.1. The van der Waals surface area contributed by atoms with Crippen molar-refractivity contribution in [3.63, 3.8) is 0 Å². The van der Waals surface area contributed by atoms with Crippen LogP contribution in [-0.4, -0.2) is 23.3 Å². The topological polar surface area (TPSA) is 119 Å². The number of anilines is 1. The Morgan fingerprint density at radius 2 is 1.63 bits per heavy atom. The Bertz CT molecular complexity index is 1370. The molecule has 0 saturated heterocycles. The summed E-state index contributed by atoms with van der Waals surface area (Å²) in [6.07, 6.45) is 3.43. The van der Waals surface area contributed by atoms with Gasteiger partial charge in [0.1, 0.15) is 5.52 Å². The first-order chi connectivity index (χ1) is 14.3. The number of hydrogen-bond donors (Lipinski definition) is 1. The van der Waals surface area contributed by atoms with E-state index in [0.717, 1.165) is 6.07 Å². The molecule has 0 fully saturated rings. The highest BCUT2D eigenvalue weighted by molar-refractivity contribution is 7.92. The van der Waals surface area contributed by atoms with E-state index in [-0.39, 0.29) is 22.2 Å². The lowest BCUT2D eigenvalue weighted by Crippen LogP contribution is -2.33. The van der Waals surface area contributed by atoms with Crippen molar-refractivity contribution in [1.29, 1.82) is 0 Å². The lowest BCUT2D eigenvalue weighted by atomic mass is 10.2. The number of aryl methyl sites for hydroxylation is 1. The van der Waals surface area contributed by atoms with Gasteiger partial charge in [0, 0.05) is 12.1 Å². The molecular formula is C20H16N5O4S+.